The number of hydrogen-bond donors (Lipinski definition) is 1. The summed E-state index contributed by atoms with van der Waals surface area (Å²) in [6.45, 7) is 9.34. The molecule has 0 unspecified atom stereocenters. The van der Waals surface area contributed by atoms with Crippen molar-refractivity contribution in [3.05, 3.63) is 18.6 Å². The highest BCUT2D eigenvalue weighted by Crippen LogP contribution is 2.11. The first-order chi connectivity index (χ1) is 11.7. The number of carbonyl (C=O) groups excluding carboxylic acids is 2. The second kappa shape index (κ2) is 8.24. The molecule has 2 rings (SSSR count). The number of likely N-dealkylation sites (N-methyl/N-ethyl adjacent to an activating group) is 1. The number of aromatic nitrogens is 2. The van der Waals surface area contributed by atoms with Gasteiger partial charge in [-0.15, -0.1) is 0 Å². The molecule has 0 atom stereocenters. The first-order valence-corrected chi connectivity index (χ1v) is 8.53. The quantitative estimate of drug-likeness (QED) is 0.805. The molecule has 8 nitrogen and oxygen atoms in total. The monoisotopic (exact) mass is 348 g/mol. The zero-order valence-corrected chi connectivity index (χ0v) is 15.5. The van der Waals surface area contributed by atoms with Crippen molar-refractivity contribution in [3.8, 4) is 0 Å². The van der Waals surface area contributed by atoms with Gasteiger partial charge in [-0.3, -0.25) is 19.5 Å². The fraction of sp³-hybridized carbons (Fsp3) is 0.647. The third kappa shape index (κ3) is 6.30. The zero-order chi connectivity index (χ0) is 18.4. The summed E-state index contributed by atoms with van der Waals surface area (Å²) in [6.07, 6.45) is 5.09. The van der Waals surface area contributed by atoms with E-state index in [1.54, 1.807) is 25.6 Å². The average molecular weight is 348 g/mol. The lowest BCUT2D eigenvalue weighted by Gasteiger charge is -2.35. The van der Waals surface area contributed by atoms with Gasteiger partial charge in [0.05, 0.1) is 19.3 Å². The van der Waals surface area contributed by atoms with E-state index in [0.717, 1.165) is 32.0 Å². The normalized spacial score (nSPS) is 15.8. The summed E-state index contributed by atoms with van der Waals surface area (Å²) in [5.41, 5.74) is -0.294. The lowest BCUT2D eigenvalue weighted by atomic mass is 10.1. The van der Waals surface area contributed by atoms with E-state index in [4.69, 9.17) is 0 Å². The standard InChI is InChI=1S/C17H28N6O2/c1-17(2,3)20-15(24)12-21(4)16(25)13-22-7-9-23(10-8-22)14-11-18-5-6-19-14/h5-6,11H,7-10,12-13H2,1-4H3,(H,20,24). The Hall–Kier alpha value is -2.22. The predicted molar refractivity (Wildman–Crippen MR) is 96.2 cm³/mol. The van der Waals surface area contributed by atoms with Crippen molar-refractivity contribution in [2.45, 2.75) is 26.3 Å². The second-order valence-corrected chi connectivity index (χ2v) is 7.37. The summed E-state index contributed by atoms with van der Waals surface area (Å²) >= 11 is 0. The molecule has 0 aliphatic carbocycles. The van der Waals surface area contributed by atoms with Crippen molar-refractivity contribution >= 4 is 17.6 Å². The maximum atomic E-state index is 12.3. The van der Waals surface area contributed by atoms with Crippen LogP contribution in [0.3, 0.4) is 0 Å². The minimum Gasteiger partial charge on any atom is -0.353 e. The Bertz CT molecular complexity index is 579. The summed E-state index contributed by atoms with van der Waals surface area (Å²) in [5, 5.41) is 2.87. The van der Waals surface area contributed by atoms with Crippen molar-refractivity contribution in [1.82, 2.24) is 25.1 Å². The SMILES string of the molecule is CN(CC(=O)NC(C)(C)C)C(=O)CN1CCN(c2cnccn2)CC1. The van der Waals surface area contributed by atoms with E-state index >= 15 is 0 Å². The largest absolute Gasteiger partial charge is 0.353 e. The third-order valence-corrected chi connectivity index (χ3v) is 3.93. The third-order valence-electron chi connectivity index (χ3n) is 3.93. The van der Waals surface area contributed by atoms with E-state index in [9.17, 15) is 9.59 Å². The van der Waals surface area contributed by atoms with Crippen LogP contribution in [0.2, 0.25) is 0 Å². The van der Waals surface area contributed by atoms with Gasteiger partial charge in [0, 0.05) is 51.2 Å². The molecule has 8 heteroatoms. The van der Waals surface area contributed by atoms with E-state index in [0.29, 0.717) is 6.54 Å². The predicted octanol–water partition coefficient (Wildman–Crippen LogP) is -0.0283. The zero-order valence-electron chi connectivity index (χ0n) is 15.5. The molecule has 1 aromatic heterocycles. The van der Waals surface area contributed by atoms with E-state index < -0.39 is 0 Å². The number of carbonyl (C=O) groups is 2. The number of hydrogen-bond acceptors (Lipinski definition) is 6. The van der Waals surface area contributed by atoms with Crippen LogP contribution in [0, 0.1) is 0 Å². The maximum Gasteiger partial charge on any atom is 0.240 e. The number of piperazine rings is 1. The Balaban J connectivity index is 1.75. The van der Waals surface area contributed by atoms with Gasteiger partial charge < -0.3 is 15.1 Å². The van der Waals surface area contributed by atoms with Crippen molar-refractivity contribution in [3.63, 3.8) is 0 Å². The summed E-state index contributed by atoms with van der Waals surface area (Å²) in [6, 6.07) is 0. The first kappa shape index (κ1) is 19.1. The van der Waals surface area contributed by atoms with Crippen molar-refractivity contribution in [1.29, 1.82) is 0 Å². The number of nitrogens with one attached hydrogen (secondary N) is 1. The number of nitrogens with zero attached hydrogens (tertiary/aromatic N) is 5. The van der Waals surface area contributed by atoms with Gasteiger partial charge in [-0.2, -0.15) is 0 Å². The highest BCUT2D eigenvalue weighted by atomic mass is 16.2. The number of rotatable bonds is 5. The molecule has 1 saturated heterocycles. The lowest BCUT2D eigenvalue weighted by molar-refractivity contribution is -0.136. The van der Waals surface area contributed by atoms with Crippen molar-refractivity contribution in [2.24, 2.45) is 0 Å². The molecule has 0 radical (unpaired) electrons. The molecular weight excluding hydrogens is 320 g/mol. The molecule has 0 aromatic carbocycles. The van der Waals surface area contributed by atoms with Gasteiger partial charge in [-0.25, -0.2) is 4.98 Å². The molecule has 138 valence electrons. The molecule has 1 fully saturated rings. The Labute approximate surface area is 149 Å². The molecule has 0 spiro atoms. The molecule has 25 heavy (non-hydrogen) atoms. The molecule has 1 N–H and O–H groups in total. The Morgan fingerprint density at radius 1 is 1.20 bits per heavy atom. The maximum absolute atomic E-state index is 12.3. The fourth-order valence-electron chi connectivity index (χ4n) is 2.66. The van der Waals surface area contributed by atoms with Crippen molar-refractivity contribution in [2.75, 3.05) is 51.2 Å². The van der Waals surface area contributed by atoms with E-state index in [1.165, 1.54) is 4.90 Å². The molecule has 1 aliphatic rings. The number of amides is 2. The Morgan fingerprint density at radius 2 is 1.88 bits per heavy atom. The lowest BCUT2D eigenvalue weighted by Crippen LogP contribution is -2.51. The topological polar surface area (TPSA) is 81.7 Å². The molecule has 1 aromatic rings. The Kier molecular flexibility index (Phi) is 6.30. The van der Waals surface area contributed by atoms with Crippen molar-refractivity contribution < 1.29 is 9.59 Å². The van der Waals surface area contributed by atoms with Crippen LogP contribution >= 0.6 is 0 Å². The summed E-state index contributed by atoms with van der Waals surface area (Å²) in [5.74, 6) is 0.678. The minimum absolute atomic E-state index is 0.0444. The van der Waals surface area contributed by atoms with Crippen LogP contribution in [-0.2, 0) is 9.59 Å². The van der Waals surface area contributed by atoms with Crippen LogP contribution in [0.4, 0.5) is 5.82 Å². The highest BCUT2D eigenvalue weighted by molar-refractivity contribution is 5.85. The minimum atomic E-state index is -0.294. The van der Waals surface area contributed by atoms with E-state index in [-0.39, 0.29) is 23.9 Å². The smallest absolute Gasteiger partial charge is 0.240 e. The van der Waals surface area contributed by atoms with Gasteiger partial charge in [0.1, 0.15) is 5.82 Å². The first-order valence-electron chi connectivity index (χ1n) is 8.53. The molecule has 1 aliphatic heterocycles. The number of anilines is 1. The van der Waals surface area contributed by atoms with Crippen LogP contribution in [-0.4, -0.2) is 83.4 Å². The van der Waals surface area contributed by atoms with E-state index in [1.807, 2.05) is 20.8 Å². The Morgan fingerprint density at radius 3 is 2.44 bits per heavy atom. The van der Waals surface area contributed by atoms with Gasteiger partial charge in [0.15, 0.2) is 0 Å². The van der Waals surface area contributed by atoms with Crippen LogP contribution in [0.1, 0.15) is 20.8 Å². The summed E-state index contributed by atoms with van der Waals surface area (Å²) < 4.78 is 0. The van der Waals surface area contributed by atoms with Crippen LogP contribution in [0.5, 0.6) is 0 Å². The van der Waals surface area contributed by atoms with Crippen LogP contribution < -0.4 is 10.2 Å². The summed E-state index contributed by atoms with van der Waals surface area (Å²) in [4.78, 5) is 38.4. The molecule has 0 saturated carbocycles. The molecular formula is C17H28N6O2. The van der Waals surface area contributed by atoms with Gasteiger partial charge >= 0.3 is 0 Å². The van der Waals surface area contributed by atoms with Gasteiger partial charge in [0.25, 0.3) is 0 Å². The van der Waals surface area contributed by atoms with Gasteiger partial charge in [0.2, 0.25) is 11.8 Å². The van der Waals surface area contributed by atoms with Crippen LogP contribution in [0.15, 0.2) is 18.6 Å². The fourth-order valence-corrected chi connectivity index (χ4v) is 2.66. The van der Waals surface area contributed by atoms with Crippen LogP contribution in [0.25, 0.3) is 0 Å². The average Bonchev–Trinajstić information content (AvgIpc) is 2.54. The molecule has 0 bridgehead atoms. The van der Waals surface area contributed by atoms with Gasteiger partial charge in [-0.1, -0.05) is 0 Å². The molecule has 2 heterocycles. The highest BCUT2D eigenvalue weighted by Gasteiger charge is 2.23. The van der Waals surface area contributed by atoms with Gasteiger partial charge in [-0.05, 0) is 20.8 Å². The summed E-state index contributed by atoms with van der Waals surface area (Å²) in [7, 11) is 1.67. The molecule has 2 amide bonds. The van der Waals surface area contributed by atoms with E-state index in [2.05, 4.69) is 25.1 Å². The second-order valence-electron chi connectivity index (χ2n) is 7.37.